The summed E-state index contributed by atoms with van der Waals surface area (Å²) in [6, 6.07) is 9.89. The molecule has 1 atom stereocenters. The summed E-state index contributed by atoms with van der Waals surface area (Å²) in [6.07, 6.45) is -0.257. The maximum absolute atomic E-state index is 13.1. The number of hydrogen-bond acceptors (Lipinski definition) is 7. The topological polar surface area (TPSA) is 91.3 Å². The van der Waals surface area contributed by atoms with Crippen molar-refractivity contribution in [3.8, 4) is 0 Å². The highest BCUT2D eigenvalue weighted by atomic mass is 32.2. The van der Waals surface area contributed by atoms with Crippen molar-refractivity contribution in [1.82, 2.24) is 15.1 Å². The Hall–Kier alpha value is -1.09. The Morgan fingerprint density at radius 1 is 1.06 bits per heavy atom. The summed E-state index contributed by atoms with van der Waals surface area (Å²) in [5.41, 5.74) is 0. The van der Waals surface area contributed by atoms with E-state index in [9.17, 15) is 14.5 Å². The molecule has 1 fully saturated rings. The molecule has 1 aliphatic rings. The molecule has 182 valence electrons. The first-order valence-corrected chi connectivity index (χ1v) is 13.9. The van der Waals surface area contributed by atoms with Crippen molar-refractivity contribution >= 4 is 25.5 Å². The van der Waals surface area contributed by atoms with E-state index in [1.54, 1.807) is 11.8 Å². The van der Waals surface area contributed by atoms with Gasteiger partial charge in [0, 0.05) is 49.4 Å². The van der Waals surface area contributed by atoms with Crippen LogP contribution in [0.25, 0.3) is 0 Å². The molecule has 0 bridgehead atoms. The number of piperazine rings is 1. The Labute approximate surface area is 196 Å². The highest BCUT2D eigenvalue weighted by molar-refractivity contribution is 7.99. The van der Waals surface area contributed by atoms with Gasteiger partial charge in [0.05, 0.1) is 12.2 Å². The fourth-order valence-electron chi connectivity index (χ4n) is 3.56. The quantitative estimate of drug-likeness (QED) is 0.312. The normalized spacial score (nSPS) is 17.1. The van der Waals surface area contributed by atoms with Gasteiger partial charge in [0.1, 0.15) is 6.29 Å². The van der Waals surface area contributed by atoms with Gasteiger partial charge in [-0.15, -0.1) is 11.8 Å². The molecule has 1 heterocycles. The number of carboxylic acid groups (broad SMARTS) is 1. The molecule has 0 spiro atoms. The van der Waals surface area contributed by atoms with Crippen molar-refractivity contribution in [3.05, 3.63) is 30.3 Å². The SMILES string of the molecule is CC(C)OP(=O)(CN1CCN(CC[C@H](CSc2ccccc2)NC(=O)O)CC1)OC(C)C. The zero-order valence-corrected chi connectivity index (χ0v) is 21.3. The Morgan fingerprint density at radius 2 is 1.62 bits per heavy atom. The third kappa shape index (κ3) is 10.7. The van der Waals surface area contributed by atoms with Gasteiger partial charge in [0.25, 0.3) is 0 Å². The van der Waals surface area contributed by atoms with Crippen LogP contribution in [0, 0.1) is 0 Å². The molecule has 1 aromatic carbocycles. The van der Waals surface area contributed by atoms with Crippen LogP contribution in [0.4, 0.5) is 4.79 Å². The fourth-order valence-corrected chi connectivity index (χ4v) is 6.79. The van der Waals surface area contributed by atoms with Crippen LogP contribution in [-0.4, -0.2) is 84.0 Å². The summed E-state index contributed by atoms with van der Waals surface area (Å²) in [4.78, 5) is 16.8. The lowest BCUT2D eigenvalue weighted by molar-refractivity contribution is 0.108. The lowest BCUT2D eigenvalue weighted by Crippen LogP contribution is -2.48. The Kier molecular flexibility index (Phi) is 11.5. The highest BCUT2D eigenvalue weighted by Gasteiger charge is 2.32. The summed E-state index contributed by atoms with van der Waals surface area (Å²) >= 11 is 1.66. The molecular formula is C22H38N3O5PS. The number of amides is 1. The lowest BCUT2D eigenvalue weighted by Gasteiger charge is -2.37. The molecule has 32 heavy (non-hydrogen) atoms. The minimum atomic E-state index is -3.18. The van der Waals surface area contributed by atoms with Crippen molar-refractivity contribution < 1.29 is 23.5 Å². The average molecular weight is 488 g/mol. The largest absolute Gasteiger partial charge is 0.465 e. The van der Waals surface area contributed by atoms with E-state index in [4.69, 9.17) is 9.05 Å². The predicted octanol–water partition coefficient (Wildman–Crippen LogP) is 4.42. The monoisotopic (exact) mass is 487 g/mol. The van der Waals surface area contributed by atoms with E-state index >= 15 is 0 Å². The molecule has 8 nitrogen and oxygen atoms in total. The van der Waals surface area contributed by atoms with Crippen LogP contribution in [-0.2, 0) is 13.6 Å². The standard InChI is InChI=1S/C22H38N3O5PS/c1-18(2)29-31(28,30-19(3)4)17-25-14-12-24(13-15-25)11-10-20(23-22(26)27)16-32-21-8-6-5-7-9-21/h5-9,18-20,23H,10-17H2,1-4H3,(H,26,27)/t20-/m1/s1. The molecule has 1 saturated heterocycles. The van der Waals surface area contributed by atoms with E-state index in [1.807, 2.05) is 58.0 Å². The molecule has 10 heteroatoms. The number of nitrogens with zero attached hydrogens (tertiary/aromatic N) is 2. The van der Waals surface area contributed by atoms with Gasteiger partial charge in [-0.1, -0.05) is 18.2 Å². The average Bonchev–Trinajstić information content (AvgIpc) is 2.70. The van der Waals surface area contributed by atoms with E-state index < -0.39 is 13.7 Å². The Morgan fingerprint density at radius 3 is 2.16 bits per heavy atom. The smallest absolute Gasteiger partial charge is 0.404 e. The minimum absolute atomic E-state index is 0.116. The van der Waals surface area contributed by atoms with E-state index in [0.29, 0.717) is 12.0 Å². The minimum Gasteiger partial charge on any atom is -0.465 e. The van der Waals surface area contributed by atoms with Gasteiger partial charge in [0.2, 0.25) is 0 Å². The second-order valence-corrected chi connectivity index (χ2v) is 11.6. The van der Waals surface area contributed by atoms with Crippen LogP contribution in [0.5, 0.6) is 0 Å². The van der Waals surface area contributed by atoms with Gasteiger partial charge in [-0.25, -0.2) is 4.79 Å². The number of nitrogens with one attached hydrogen (secondary N) is 1. The molecular weight excluding hydrogens is 449 g/mol. The number of hydrogen-bond donors (Lipinski definition) is 2. The number of thioether (sulfide) groups is 1. The Balaban J connectivity index is 1.79. The van der Waals surface area contributed by atoms with Crippen molar-refractivity contribution in [1.29, 1.82) is 0 Å². The van der Waals surface area contributed by atoms with E-state index in [0.717, 1.165) is 44.0 Å². The zero-order valence-electron chi connectivity index (χ0n) is 19.6. The number of benzene rings is 1. The molecule has 0 aromatic heterocycles. The molecule has 1 aromatic rings. The van der Waals surface area contributed by atoms with E-state index in [1.165, 1.54) is 0 Å². The predicted molar refractivity (Wildman–Crippen MR) is 130 cm³/mol. The summed E-state index contributed by atoms with van der Waals surface area (Å²) in [6.45, 7) is 11.5. The maximum atomic E-state index is 13.1. The summed E-state index contributed by atoms with van der Waals surface area (Å²) in [7, 11) is -3.18. The summed E-state index contributed by atoms with van der Waals surface area (Å²) < 4.78 is 24.5. The molecule has 0 saturated carbocycles. The second-order valence-electron chi connectivity index (χ2n) is 8.58. The molecule has 2 N–H and O–H groups in total. The van der Waals surface area contributed by atoms with Crippen LogP contribution in [0.3, 0.4) is 0 Å². The van der Waals surface area contributed by atoms with Crippen molar-refractivity contribution in [2.45, 2.75) is 57.3 Å². The van der Waals surface area contributed by atoms with Gasteiger partial charge in [-0.05, 0) is 46.2 Å². The van der Waals surface area contributed by atoms with Crippen LogP contribution in [0.2, 0.25) is 0 Å². The Bertz CT molecular complexity index is 716. The van der Waals surface area contributed by atoms with Gasteiger partial charge in [-0.2, -0.15) is 0 Å². The molecule has 2 rings (SSSR count). The fraction of sp³-hybridized carbons (Fsp3) is 0.682. The highest BCUT2D eigenvalue weighted by Crippen LogP contribution is 2.51. The third-order valence-electron chi connectivity index (χ3n) is 4.90. The van der Waals surface area contributed by atoms with Gasteiger partial charge in [-0.3, -0.25) is 9.46 Å². The number of carbonyl (C=O) groups is 1. The van der Waals surface area contributed by atoms with Crippen LogP contribution in [0.1, 0.15) is 34.1 Å². The summed E-state index contributed by atoms with van der Waals surface area (Å²) in [5, 5.41) is 11.8. The molecule has 1 aliphatic heterocycles. The van der Waals surface area contributed by atoms with Crippen LogP contribution >= 0.6 is 19.4 Å². The van der Waals surface area contributed by atoms with Gasteiger partial charge < -0.3 is 24.4 Å². The molecule has 0 radical (unpaired) electrons. The van der Waals surface area contributed by atoms with Crippen LogP contribution < -0.4 is 5.32 Å². The molecule has 0 aliphatic carbocycles. The van der Waals surface area contributed by atoms with Crippen molar-refractivity contribution in [2.75, 3.05) is 44.8 Å². The third-order valence-corrected chi connectivity index (χ3v) is 8.30. The van der Waals surface area contributed by atoms with E-state index in [2.05, 4.69) is 15.1 Å². The first-order chi connectivity index (χ1) is 15.1. The van der Waals surface area contributed by atoms with Crippen molar-refractivity contribution in [2.24, 2.45) is 0 Å². The number of rotatable bonds is 13. The second kappa shape index (κ2) is 13.6. The maximum Gasteiger partial charge on any atom is 0.404 e. The van der Waals surface area contributed by atoms with Crippen LogP contribution in [0.15, 0.2) is 35.2 Å². The molecule has 1 amide bonds. The zero-order chi connectivity index (χ0) is 23.6. The molecule has 0 unspecified atom stereocenters. The first-order valence-electron chi connectivity index (χ1n) is 11.2. The first kappa shape index (κ1) is 27.2. The lowest BCUT2D eigenvalue weighted by atomic mass is 10.2. The van der Waals surface area contributed by atoms with Gasteiger partial charge >= 0.3 is 13.7 Å². The van der Waals surface area contributed by atoms with Crippen molar-refractivity contribution in [3.63, 3.8) is 0 Å². The van der Waals surface area contributed by atoms with E-state index in [-0.39, 0.29) is 18.2 Å². The summed E-state index contributed by atoms with van der Waals surface area (Å²) in [5.74, 6) is 0.693. The van der Waals surface area contributed by atoms with Gasteiger partial charge in [0.15, 0.2) is 0 Å².